The molecule has 0 saturated carbocycles. The van der Waals surface area contributed by atoms with Crippen LogP contribution in [0.15, 0.2) is 30.3 Å². The highest BCUT2D eigenvalue weighted by atomic mass is 14.7. The van der Waals surface area contributed by atoms with Gasteiger partial charge in [0.25, 0.3) is 0 Å². The van der Waals surface area contributed by atoms with Gasteiger partial charge in [-0.15, -0.1) is 0 Å². The number of aromatic nitrogens is 1. The Kier molecular flexibility index (Phi) is 2.39. The maximum atomic E-state index is 8.77. The van der Waals surface area contributed by atoms with E-state index in [1.54, 1.807) is 6.07 Å². The van der Waals surface area contributed by atoms with Crippen LogP contribution in [0.5, 0.6) is 0 Å². The molecule has 0 spiro atoms. The molecule has 0 aliphatic rings. The lowest BCUT2D eigenvalue weighted by Gasteiger charge is -2.05. The van der Waals surface area contributed by atoms with Crippen molar-refractivity contribution in [1.29, 1.82) is 5.26 Å². The minimum absolute atomic E-state index is 0.435. The summed E-state index contributed by atoms with van der Waals surface area (Å²) < 4.78 is 0. The monoisotopic (exact) mass is 196 g/mol. The topological polar surface area (TPSA) is 36.7 Å². The fraction of sp³-hybridized carbons (Fsp3) is 0.231. The summed E-state index contributed by atoms with van der Waals surface area (Å²) >= 11 is 0. The molecule has 0 unspecified atom stereocenters. The first-order chi connectivity index (χ1) is 7.20. The van der Waals surface area contributed by atoms with Gasteiger partial charge in [0.15, 0.2) is 0 Å². The molecular weight excluding hydrogens is 184 g/mol. The second-order valence-electron chi connectivity index (χ2n) is 3.91. The first-order valence-electron chi connectivity index (χ1n) is 5.01. The van der Waals surface area contributed by atoms with Gasteiger partial charge in [-0.25, -0.2) is 0 Å². The number of nitrogens with zero attached hydrogens (tertiary/aromatic N) is 2. The van der Waals surface area contributed by atoms with Crippen molar-refractivity contribution in [3.8, 4) is 6.07 Å². The molecule has 2 nitrogen and oxygen atoms in total. The van der Waals surface area contributed by atoms with E-state index in [-0.39, 0.29) is 0 Å². The SMILES string of the molecule is CC(C)c1ccc2cc(C#N)ccc2n1. The number of rotatable bonds is 1. The van der Waals surface area contributed by atoms with E-state index in [0.717, 1.165) is 16.6 Å². The van der Waals surface area contributed by atoms with Crippen LogP contribution in [-0.4, -0.2) is 4.98 Å². The molecule has 0 aliphatic heterocycles. The summed E-state index contributed by atoms with van der Waals surface area (Å²) in [6.07, 6.45) is 0. The first-order valence-corrected chi connectivity index (χ1v) is 5.01. The molecule has 0 atom stereocenters. The van der Waals surface area contributed by atoms with Gasteiger partial charge in [-0.2, -0.15) is 5.26 Å². The minimum Gasteiger partial charge on any atom is -0.253 e. The predicted octanol–water partition coefficient (Wildman–Crippen LogP) is 3.23. The Bertz CT molecular complexity index is 536. The summed E-state index contributed by atoms with van der Waals surface area (Å²) in [5.41, 5.74) is 2.73. The van der Waals surface area contributed by atoms with Crippen LogP contribution in [0.3, 0.4) is 0 Å². The molecule has 0 amide bonds. The normalized spacial score (nSPS) is 10.5. The molecule has 74 valence electrons. The van der Waals surface area contributed by atoms with Crippen LogP contribution in [0.25, 0.3) is 10.9 Å². The van der Waals surface area contributed by atoms with Crippen molar-refractivity contribution in [3.05, 3.63) is 41.6 Å². The standard InChI is InChI=1S/C13H12N2/c1-9(2)12-6-4-11-7-10(8-14)3-5-13(11)15-12/h3-7,9H,1-2H3. The van der Waals surface area contributed by atoms with Crippen LogP contribution < -0.4 is 0 Å². The van der Waals surface area contributed by atoms with Crippen molar-refractivity contribution in [1.82, 2.24) is 4.98 Å². The van der Waals surface area contributed by atoms with Crippen LogP contribution >= 0.6 is 0 Å². The molecule has 0 radical (unpaired) electrons. The zero-order valence-corrected chi connectivity index (χ0v) is 8.86. The molecule has 2 aromatic rings. The number of hydrogen-bond donors (Lipinski definition) is 0. The Morgan fingerprint density at radius 1 is 1.20 bits per heavy atom. The molecule has 0 aliphatic carbocycles. The third-order valence-corrected chi connectivity index (χ3v) is 2.43. The Balaban J connectivity index is 2.61. The lowest BCUT2D eigenvalue weighted by Crippen LogP contribution is -1.92. The summed E-state index contributed by atoms with van der Waals surface area (Å²) in [5.74, 6) is 0.435. The van der Waals surface area contributed by atoms with E-state index in [1.165, 1.54) is 0 Å². The summed E-state index contributed by atoms with van der Waals surface area (Å²) in [6, 6.07) is 11.8. The van der Waals surface area contributed by atoms with E-state index in [1.807, 2.05) is 24.3 Å². The van der Waals surface area contributed by atoms with E-state index in [9.17, 15) is 0 Å². The number of fused-ring (bicyclic) bond motifs is 1. The number of hydrogen-bond acceptors (Lipinski definition) is 2. The number of pyridine rings is 1. The van der Waals surface area contributed by atoms with Crippen LogP contribution in [0.4, 0.5) is 0 Å². The average Bonchev–Trinajstić information content (AvgIpc) is 2.27. The fourth-order valence-electron chi connectivity index (χ4n) is 1.53. The highest BCUT2D eigenvalue weighted by Gasteiger charge is 2.02. The maximum Gasteiger partial charge on any atom is 0.0991 e. The molecule has 2 heteroatoms. The van der Waals surface area contributed by atoms with Crippen LogP contribution in [-0.2, 0) is 0 Å². The molecule has 0 bridgehead atoms. The molecule has 0 fully saturated rings. The van der Waals surface area contributed by atoms with Gasteiger partial charge in [-0.3, -0.25) is 4.98 Å². The Labute approximate surface area is 89.2 Å². The quantitative estimate of drug-likeness (QED) is 0.702. The zero-order valence-electron chi connectivity index (χ0n) is 8.86. The molecule has 0 N–H and O–H groups in total. The fourth-order valence-corrected chi connectivity index (χ4v) is 1.53. The van der Waals surface area contributed by atoms with Crippen molar-refractivity contribution in [2.24, 2.45) is 0 Å². The van der Waals surface area contributed by atoms with Crippen molar-refractivity contribution >= 4 is 10.9 Å². The Morgan fingerprint density at radius 2 is 2.00 bits per heavy atom. The predicted molar refractivity (Wildman–Crippen MR) is 60.5 cm³/mol. The van der Waals surface area contributed by atoms with Gasteiger partial charge in [-0.1, -0.05) is 19.9 Å². The molecule has 1 aromatic heterocycles. The summed E-state index contributed by atoms with van der Waals surface area (Å²) in [5, 5.41) is 9.80. The summed E-state index contributed by atoms with van der Waals surface area (Å²) in [7, 11) is 0. The van der Waals surface area contributed by atoms with Gasteiger partial charge >= 0.3 is 0 Å². The Morgan fingerprint density at radius 3 is 2.67 bits per heavy atom. The summed E-state index contributed by atoms with van der Waals surface area (Å²) in [4.78, 5) is 4.54. The molecule has 0 saturated heterocycles. The van der Waals surface area contributed by atoms with Gasteiger partial charge in [-0.05, 0) is 30.2 Å². The van der Waals surface area contributed by atoms with Gasteiger partial charge in [0.05, 0.1) is 17.1 Å². The molecule has 1 heterocycles. The van der Waals surface area contributed by atoms with Gasteiger partial charge in [0.1, 0.15) is 0 Å². The van der Waals surface area contributed by atoms with Crippen LogP contribution in [0, 0.1) is 11.3 Å². The number of benzene rings is 1. The minimum atomic E-state index is 0.435. The van der Waals surface area contributed by atoms with Crippen molar-refractivity contribution in [2.45, 2.75) is 19.8 Å². The van der Waals surface area contributed by atoms with E-state index < -0.39 is 0 Å². The van der Waals surface area contributed by atoms with Gasteiger partial charge in [0.2, 0.25) is 0 Å². The van der Waals surface area contributed by atoms with E-state index in [0.29, 0.717) is 11.5 Å². The lowest BCUT2D eigenvalue weighted by atomic mass is 10.1. The van der Waals surface area contributed by atoms with Gasteiger partial charge in [0, 0.05) is 11.1 Å². The van der Waals surface area contributed by atoms with Crippen molar-refractivity contribution in [2.75, 3.05) is 0 Å². The lowest BCUT2D eigenvalue weighted by molar-refractivity contribution is 0.830. The molecule has 2 rings (SSSR count). The second-order valence-corrected chi connectivity index (χ2v) is 3.91. The van der Waals surface area contributed by atoms with E-state index in [2.05, 4.69) is 24.9 Å². The highest BCUT2D eigenvalue weighted by molar-refractivity contribution is 5.80. The first kappa shape index (κ1) is 9.67. The van der Waals surface area contributed by atoms with Gasteiger partial charge < -0.3 is 0 Å². The third kappa shape index (κ3) is 1.82. The van der Waals surface area contributed by atoms with Crippen LogP contribution in [0.2, 0.25) is 0 Å². The summed E-state index contributed by atoms with van der Waals surface area (Å²) in [6.45, 7) is 4.25. The third-order valence-electron chi connectivity index (χ3n) is 2.43. The maximum absolute atomic E-state index is 8.77. The van der Waals surface area contributed by atoms with Crippen LogP contribution in [0.1, 0.15) is 31.0 Å². The molecular formula is C13H12N2. The average molecular weight is 196 g/mol. The molecule has 15 heavy (non-hydrogen) atoms. The Hall–Kier alpha value is -1.88. The van der Waals surface area contributed by atoms with E-state index in [4.69, 9.17) is 5.26 Å². The molecule has 1 aromatic carbocycles. The zero-order chi connectivity index (χ0) is 10.8. The smallest absolute Gasteiger partial charge is 0.0991 e. The van der Waals surface area contributed by atoms with E-state index >= 15 is 0 Å². The second kappa shape index (κ2) is 3.70. The largest absolute Gasteiger partial charge is 0.253 e. The van der Waals surface area contributed by atoms with Crippen molar-refractivity contribution < 1.29 is 0 Å². The van der Waals surface area contributed by atoms with Crippen molar-refractivity contribution in [3.63, 3.8) is 0 Å². The number of nitriles is 1. The highest BCUT2D eigenvalue weighted by Crippen LogP contribution is 2.18.